The van der Waals surface area contributed by atoms with Crippen LogP contribution >= 0.6 is 0 Å². The number of rotatable bonds is 7. The molecule has 0 aromatic carbocycles. The summed E-state index contributed by atoms with van der Waals surface area (Å²) in [5.74, 6) is 3.62. The first-order valence-corrected chi connectivity index (χ1v) is 8.74. The Balaban J connectivity index is 2.02. The van der Waals surface area contributed by atoms with Crippen molar-refractivity contribution >= 4 is 0 Å². The van der Waals surface area contributed by atoms with E-state index in [1.807, 2.05) is 0 Å². The Hall–Kier alpha value is -0.900. The molecule has 0 spiro atoms. The molecule has 1 heterocycles. The molecule has 120 valence electrons. The van der Waals surface area contributed by atoms with Crippen LogP contribution in [0.5, 0.6) is 0 Å². The predicted octanol–water partition coefficient (Wildman–Crippen LogP) is 3.28. The summed E-state index contributed by atoms with van der Waals surface area (Å²) in [6.07, 6.45) is 8.25. The van der Waals surface area contributed by atoms with Gasteiger partial charge in [0.2, 0.25) is 0 Å². The van der Waals surface area contributed by atoms with Crippen LogP contribution in [0.25, 0.3) is 0 Å². The second-order valence-corrected chi connectivity index (χ2v) is 6.87. The molecule has 0 amide bonds. The van der Waals surface area contributed by atoms with E-state index < -0.39 is 0 Å². The van der Waals surface area contributed by atoms with Crippen molar-refractivity contribution in [3.8, 4) is 0 Å². The number of nitrogens with one attached hydrogen (secondary N) is 1. The quantitative estimate of drug-likeness (QED) is 0.838. The van der Waals surface area contributed by atoms with Crippen LogP contribution in [0.3, 0.4) is 0 Å². The van der Waals surface area contributed by atoms with Crippen molar-refractivity contribution in [2.24, 2.45) is 17.8 Å². The summed E-state index contributed by atoms with van der Waals surface area (Å²) >= 11 is 0. The second kappa shape index (κ2) is 7.92. The summed E-state index contributed by atoms with van der Waals surface area (Å²) in [5.41, 5.74) is 0. The Labute approximate surface area is 129 Å². The van der Waals surface area contributed by atoms with Crippen molar-refractivity contribution < 1.29 is 0 Å². The van der Waals surface area contributed by atoms with Gasteiger partial charge >= 0.3 is 0 Å². The molecule has 1 aliphatic rings. The fraction of sp³-hybridized carbons (Fsp3) is 0.882. The minimum Gasteiger partial charge on any atom is -0.314 e. The Bertz CT molecular complexity index is 413. The average molecular weight is 292 g/mol. The van der Waals surface area contributed by atoms with Gasteiger partial charge in [-0.3, -0.25) is 4.68 Å². The molecule has 1 aromatic heterocycles. The van der Waals surface area contributed by atoms with Gasteiger partial charge in [0.15, 0.2) is 0 Å². The van der Waals surface area contributed by atoms with Gasteiger partial charge in [0.25, 0.3) is 0 Å². The maximum absolute atomic E-state index is 4.49. The first kappa shape index (κ1) is 16.5. The maximum atomic E-state index is 4.49. The molecule has 0 bridgehead atoms. The minimum absolute atomic E-state index is 0.578. The molecule has 1 aromatic rings. The van der Waals surface area contributed by atoms with Gasteiger partial charge in [0.05, 0.1) is 0 Å². The zero-order valence-electron chi connectivity index (χ0n) is 14.2. The third kappa shape index (κ3) is 4.53. The molecule has 0 saturated heterocycles. The highest BCUT2D eigenvalue weighted by atomic mass is 15.3. The van der Waals surface area contributed by atoms with Crippen LogP contribution in [-0.2, 0) is 13.0 Å². The molecule has 2 rings (SSSR count). The highest BCUT2D eigenvalue weighted by molar-refractivity contribution is 4.92. The average Bonchev–Trinajstić information content (AvgIpc) is 2.92. The first-order valence-electron chi connectivity index (χ1n) is 8.74. The van der Waals surface area contributed by atoms with Gasteiger partial charge in [-0.05, 0) is 44.1 Å². The lowest BCUT2D eigenvalue weighted by Crippen LogP contribution is -2.37. The SMILES string of the molecule is CCC1CCC(CNC(C)C)C(Cc2ncnn2CC)C1. The molecule has 1 aliphatic carbocycles. The fourth-order valence-corrected chi connectivity index (χ4v) is 3.65. The molecular formula is C17H32N4. The minimum atomic E-state index is 0.578. The molecule has 21 heavy (non-hydrogen) atoms. The number of nitrogens with zero attached hydrogens (tertiary/aromatic N) is 3. The van der Waals surface area contributed by atoms with E-state index in [9.17, 15) is 0 Å². The van der Waals surface area contributed by atoms with Crippen molar-refractivity contribution in [3.05, 3.63) is 12.2 Å². The zero-order valence-corrected chi connectivity index (χ0v) is 14.2. The van der Waals surface area contributed by atoms with Crippen molar-refractivity contribution in [3.63, 3.8) is 0 Å². The molecule has 1 saturated carbocycles. The van der Waals surface area contributed by atoms with Gasteiger partial charge in [-0.15, -0.1) is 0 Å². The lowest BCUT2D eigenvalue weighted by atomic mass is 9.71. The van der Waals surface area contributed by atoms with Gasteiger partial charge in [0, 0.05) is 19.0 Å². The number of aryl methyl sites for hydroxylation is 1. The highest BCUT2D eigenvalue weighted by Gasteiger charge is 2.30. The third-order valence-electron chi connectivity index (χ3n) is 5.05. The summed E-state index contributed by atoms with van der Waals surface area (Å²) in [6, 6.07) is 0.578. The Morgan fingerprint density at radius 3 is 2.76 bits per heavy atom. The second-order valence-electron chi connectivity index (χ2n) is 6.87. The molecule has 1 fully saturated rings. The summed E-state index contributed by atoms with van der Waals surface area (Å²) in [7, 11) is 0. The number of aromatic nitrogens is 3. The lowest BCUT2D eigenvalue weighted by Gasteiger charge is -2.36. The number of hydrogen-bond donors (Lipinski definition) is 1. The standard InChI is InChI=1S/C17H32N4/c1-5-14-7-8-15(11-18-13(3)4)16(9-14)10-17-19-12-20-21(17)6-2/h12-16,18H,5-11H2,1-4H3. The van der Waals surface area contributed by atoms with Gasteiger partial charge in [0.1, 0.15) is 12.2 Å². The summed E-state index contributed by atoms with van der Waals surface area (Å²) < 4.78 is 2.06. The molecule has 3 unspecified atom stereocenters. The highest BCUT2D eigenvalue weighted by Crippen LogP contribution is 2.37. The van der Waals surface area contributed by atoms with Crippen molar-refractivity contribution in [1.29, 1.82) is 0 Å². The molecule has 4 heteroatoms. The van der Waals surface area contributed by atoms with Gasteiger partial charge < -0.3 is 5.32 Å². The molecule has 3 atom stereocenters. The monoisotopic (exact) mass is 292 g/mol. The largest absolute Gasteiger partial charge is 0.314 e. The van der Waals surface area contributed by atoms with E-state index in [-0.39, 0.29) is 0 Å². The Kier molecular flexibility index (Phi) is 6.22. The third-order valence-corrected chi connectivity index (χ3v) is 5.05. The van der Waals surface area contributed by atoms with Crippen LogP contribution in [0.4, 0.5) is 0 Å². The van der Waals surface area contributed by atoms with Crippen LogP contribution in [0, 0.1) is 17.8 Å². The van der Waals surface area contributed by atoms with Crippen LogP contribution in [0.1, 0.15) is 59.2 Å². The van der Waals surface area contributed by atoms with Crippen LogP contribution in [0.15, 0.2) is 6.33 Å². The number of hydrogen-bond acceptors (Lipinski definition) is 3. The molecule has 4 nitrogen and oxygen atoms in total. The van der Waals surface area contributed by atoms with Gasteiger partial charge in [-0.1, -0.05) is 33.6 Å². The Morgan fingerprint density at radius 2 is 2.10 bits per heavy atom. The molecule has 0 radical (unpaired) electrons. The topological polar surface area (TPSA) is 42.7 Å². The van der Waals surface area contributed by atoms with Crippen molar-refractivity contribution in [2.45, 2.75) is 72.4 Å². The van der Waals surface area contributed by atoms with Crippen LogP contribution in [0.2, 0.25) is 0 Å². The van der Waals surface area contributed by atoms with E-state index in [1.165, 1.54) is 31.5 Å². The van der Waals surface area contributed by atoms with Gasteiger partial charge in [-0.25, -0.2) is 4.98 Å². The van der Waals surface area contributed by atoms with Crippen molar-refractivity contribution in [1.82, 2.24) is 20.1 Å². The fourth-order valence-electron chi connectivity index (χ4n) is 3.65. The molecule has 0 aliphatic heterocycles. The van der Waals surface area contributed by atoms with E-state index in [1.54, 1.807) is 6.33 Å². The molecule has 1 N–H and O–H groups in total. The van der Waals surface area contributed by atoms with E-state index >= 15 is 0 Å². The van der Waals surface area contributed by atoms with E-state index in [2.05, 4.69) is 47.8 Å². The predicted molar refractivity (Wildman–Crippen MR) is 87.2 cm³/mol. The van der Waals surface area contributed by atoms with E-state index in [0.717, 1.165) is 37.3 Å². The zero-order chi connectivity index (χ0) is 15.2. The summed E-state index contributed by atoms with van der Waals surface area (Å²) in [6.45, 7) is 11.0. The first-order chi connectivity index (χ1) is 10.1. The summed E-state index contributed by atoms with van der Waals surface area (Å²) in [5, 5.41) is 7.97. The maximum Gasteiger partial charge on any atom is 0.138 e. The Morgan fingerprint density at radius 1 is 1.29 bits per heavy atom. The van der Waals surface area contributed by atoms with Crippen molar-refractivity contribution in [2.75, 3.05) is 6.54 Å². The van der Waals surface area contributed by atoms with E-state index in [0.29, 0.717) is 6.04 Å². The normalized spacial score (nSPS) is 26.4. The van der Waals surface area contributed by atoms with Gasteiger partial charge in [-0.2, -0.15) is 5.10 Å². The lowest BCUT2D eigenvalue weighted by molar-refractivity contribution is 0.166. The van der Waals surface area contributed by atoms with Crippen LogP contribution < -0.4 is 5.32 Å². The smallest absolute Gasteiger partial charge is 0.138 e. The van der Waals surface area contributed by atoms with E-state index in [4.69, 9.17) is 0 Å². The summed E-state index contributed by atoms with van der Waals surface area (Å²) in [4.78, 5) is 4.49. The molecular weight excluding hydrogens is 260 g/mol. The van der Waals surface area contributed by atoms with Crippen LogP contribution in [-0.4, -0.2) is 27.4 Å².